The van der Waals surface area contributed by atoms with Gasteiger partial charge in [-0.05, 0) is 30.4 Å². The summed E-state index contributed by atoms with van der Waals surface area (Å²) in [4.78, 5) is 28.7. The number of para-hydroxylation sites is 2. The first-order chi connectivity index (χ1) is 15.4. The van der Waals surface area contributed by atoms with E-state index in [4.69, 9.17) is 15.0 Å². The first kappa shape index (κ1) is 19.6. The highest BCUT2D eigenvalue weighted by Gasteiger charge is 2.73. The van der Waals surface area contributed by atoms with Gasteiger partial charge in [-0.25, -0.2) is 15.0 Å². The highest BCUT2D eigenvalue weighted by Crippen LogP contribution is 2.70. The fraction of sp³-hybridized carbons (Fsp3) is 0.308. The molecule has 32 heavy (non-hydrogen) atoms. The maximum absolute atomic E-state index is 14.0. The van der Waals surface area contributed by atoms with Crippen LogP contribution in [0.3, 0.4) is 0 Å². The Morgan fingerprint density at radius 3 is 2.25 bits per heavy atom. The van der Waals surface area contributed by atoms with Crippen LogP contribution < -0.4 is 5.32 Å². The van der Waals surface area contributed by atoms with Crippen LogP contribution >= 0.6 is 11.3 Å². The normalized spacial score (nSPS) is 25.1. The number of carbonyl (C=O) groups excluding carboxylic acids is 1. The molecule has 2 atom stereocenters. The molecule has 5 nitrogen and oxygen atoms in total. The van der Waals surface area contributed by atoms with Crippen molar-refractivity contribution in [3.05, 3.63) is 71.4 Å². The maximum atomic E-state index is 14.0. The van der Waals surface area contributed by atoms with Gasteiger partial charge in [0.1, 0.15) is 0 Å². The van der Waals surface area contributed by atoms with Gasteiger partial charge in [0.2, 0.25) is 5.91 Å². The molecular formula is C26H24N4OS. The molecule has 0 saturated heterocycles. The lowest BCUT2D eigenvalue weighted by atomic mass is 9.63. The Balaban J connectivity index is 1.43. The number of benzene rings is 2. The molecule has 1 fully saturated rings. The molecule has 6 rings (SSSR count). The van der Waals surface area contributed by atoms with Crippen molar-refractivity contribution >= 4 is 33.4 Å². The number of aromatic nitrogens is 3. The summed E-state index contributed by atoms with van der Waals surface area (Å²) in [6, 6.07) is 18.0. The van der Waals surface area contributed by atoms with E-state index in [0.29, 0.717) is 5.13 Å². The Morgan fingerprint density at radius 1 is 0.875 bits per heavy atom. The largest absolute Gasteiger partial charge is 0.301 e. The summed E-state index contributed by atoms with van der Waals surface area (Å²) < 4.78 is 0. The number of anilines is 1. The van der Waals surface area contributed by atoms with Gasteiger partial charge in [0.25, 0.3) is 0 Å². The van der Waals surface area contributed by atoms with Crippen LogP contribution in [0.25, 0.3) is 22.3 Å². The lowest BCUT2D eigenvalue weighted by Crippen LogP contribution is -2.48. The fourth-order valence-corrected chi connectivity index (χ4v) is 6.54. The molecule has 2 bridgehead atoms. The second-order valence-corrected chi connectivity index (χ2v) is 10.5. The van der Waals surface area contributed by atoms with E-state index in [1.54, 1.807) is 0 Å². The third kappa shape index (κ3) is 2.33. The van der Waals surface area contributed by atoms with Crippen LogP contribution in [-0.4, -0.2) is 20.9 Å². The minimum absolute atomic E-state index is 0.0245. The highest BCUT2D eigenvalue weighted by molar-refractivity contribution is 7.14. The number of amides is 1. The molecule has 2 aromatic carbocycles. The molecule has 1 N–H and O–H groups in total. The van der Waals surface area contributed by atoms with Crippen molar-refractivity contribution in [2.75, 3.05) is 5.32 Å². The van der Waals surface area contributed by atoms with Gasteiger partial charge in [-0.2, -0.15) is 0 Å². The van der Waals surface area contributed by atoms with Crippen molar-refractivity contribution in [3.63, 3.8) is 0 Å². The minimum atomic E-state index is -0.729. The van der Waals surface area contributed by atoms with E-state index in [1.165, 1.54) is 11.3 Å². The van der Waals surface area contributed by atoms with Gasteiger partial charge in [-0.1, -0.05) is 63.2 Å². The van der Waals surface area contributed by atoms with E-state index in [1.807, 2.05) is 60.0 Å². The Bertz CT molecular complexity index is 1380. The topological polar surface area (TPSA) is 67.8 Å². The number of carbonyl (C=O) groups is 1. The number of hydrogen-bond donors (Lipinski definition) is 1. The number of nitrogens with one attached hydrogen (secondary N) is 1. The number of nitrogens with zero attached hydrogens (tertiary/aromatic N) is 3. The van der Waals surface area contributed by atoms with Crippen molar-refractivity contribution in [1.82, 2.24) is 15.0 Å². The molecular weight excluding hydrogens is 416 g/mol. The molecule has 1 saturated carbocycles. The molecule has 4 aromatic rings. The summed E-state index contributed by atoms with van der Waals surface area (Å²) in [6.45, 7) is 6.64. The molecule has 2 aromatic heterocycles. The van der Waals surface area contributed by atoms with Gasteiger partial charge in [-0.3, -0.25) is 4.79 Å². The third-order valence-electron chi connectivity index (χ3n) is 8.13. The molecule has 2 unspecified atom stereocenters. The molecule has 0 radical (unpaired) electrons. The van der Waals surface area contributed by atoms with Gasteiger partial charge in [0.15, 0.2) is 5.13 Å². The molecule has 2 heterocycles. The van der Waals surface area contributed by atoms with Crippen molar-refractivity contribution in [3.8, 4) is 11.3 Å². The first-order valence-electron chi connectivity index (χ1n) is 11.0. The third-order valence-corrected chi connectivity index (χ3v) is 8.88. The predicted octanol–water partition coefficient (Wildman–Crippen LogP) is 5.72. The average molecular weight is 441 g/mol. The molecule has 0 spiro atoms. The Morgan fingerprint density at radius 2 is 1.53 bits per heavy atom. The van der Waals surface area contributed by atoms with Crippen molar-refractivity contribution in [2.24, 2.45) is 5.41 Å². The molecule has 1 amide bonds. The number of fused-ring (bicyclic) bond motifs is 6. The van der Waals surface area contributed by atoms with Crippen LogP contribution in [0.5, 0.6) is 0 Å². The zero-order valence-corrected chi connectivity index (χ0v) is 19.2. The Hall–Kier alpha value is -3.12. The smallest absolute Gasteiger partial charge is 0.239 e. The summed E-state index contributed by atoms with van der Waals surface area (Å²) in [5.41, 5.74) is 4.21. The van der Waals surface area contributed by atoms with Crippen molar-refractivity contribution < 1.29 is 4.79 Å². The average Bonchev–Trinajstić information content (AvgIpc) is 3.39. The van der Waals surface area contributed by atoms with Crippen LogP contribution in [-0.2, 0) is 15.6 Å². The van der Waals surface area contributed by atoms with E-state index in [0.717, 1.165) is 46.5 Å². The fourth-order valence-electron chi connectivity index (χ4n) is 5.83. The molecule has 6 heteroatoms. The zero-order chi connectivity index (χ0) is 22.1. The SMILES string of the molecule is CC12CCC(C(=O)Nc3nc(-c4ccccc4)cs3)(c3nc4ccccc4nc31)C2(C)C. The number of rotatable bonds is 3. The summed E-state index contributed by atoms with van der Waals surface area (Å²) in [5, 5.41) is 5.76. The van der Waals surface area contributed by atoms with Crippen LogP contribution in [0.1, 0.15) is 45.0 Å². The Labute approximate surface area is 191 Å². The standard InChI is InChI=1S/C26H24N4OS/c1-24(2)25(3)13-14-26(24,21-20(25)27-17-11-7-8-12-18(17)28-21)22(31)30-23-29-19(15-32-23)16-9-5-4-6-10-16/h4-12,15H,13-14H2,1-3H3,(H,29,30,31). The van der Waals surface area contributed by atoms with Gasteiger partial charge in [0, 0.05) is 16.4 Å². The molecule has 0 aliphatic heterocycles. The number of hydrogen-bond acceptors (Lipinski definition) is 5. The zero-order valence-electron chi connectivity index (χ0n) is 18.3. The van der Waals surface area contributed by atoms with E-state index in [-0.39, 0.29) is 16.7 Å². The predicted molar refractivity (Wildman–Crippen MR) is 128 cm³/mol. The quantitative estimate of drug-likeness (QED) is 0.442. The second-order valence-electron chi connectivity index (χ2n) is 9.63. The van der Waals surface area contributed by atoms with Gasteiger partial charge in [-0.15, -0.1) is 11.3 Å². The van der Waals surface area contributed by atoms with Crippen LogP contribution in [0.15, 0.2) is 60.0 Å². The molecule has 160 valence electrons. The van der Waals surface area contributed by atoms with E-state index < -0.39 is 5.41 Å². The lowest BCUT2D eigenvalue weighted by molar-refractivity contribution is -0.125. The summed E-state index contributed by atoms with van der Waals surface area (Å²) in [7, 11) is 0. The minimum Gasteiger partial charge on any atom is -0.301 e. The first-order valence-corrected chi connectivity index (χ1v) is 11.8. The van der Waals surface area contributed by atoms with E-state index >= 15 is 0 Å². The van der Waals surface area contributed by atoms with E-state index in [9.17, 15) is 4.79 Å². The van der Waals surface area contributed by atoms with Crippen molar-refractivity contribution in [1.29, 1.82) is 0 Å². The van der Waals surface area contributed by atoms with Gasteiger partial charge in [0.05, 0.1) is 33.5 Å². The summed E-state index contributed by atoms with van der Waals surface area (Å²) in [6.07, 6.45) is 1.68. The summed E-state index contributed by atoms with van der Waals surface area (Å²) >= 11 is 1.46. The van der Waals surface area contributed by atoms with Crippen molar-refractivity contribution in [2.45, 2.75) is 44.4 Å². The van der Waals surface area contributed by atoms with Crippen LogP contribution in [0.2, 0.25) is 0 Å². The second kappa shape index (κ2) is 6.45. The molecule has 2 aliphatic rings. The van der Waals surface area contributed by atoms with Gasteiger partial charge < -0.3 is 5.32 Å². The summed E-state index contributed by atoms with van der Waals surface area (Å²) in [5.74, 6) is -0.0245. The van der Waals surface area contributed by atoms with E-state index in [2.05, 4.69) is 26.1 Å². The molecule has 2 aliphatic carbocycles. The lowest BCUT2D eigenvalue weighted by Gasteiger charge is -2.39. The van der Waals surface area contributed by atoms with Gasteiger partial charge >= 0.3 is 0 Å². The maximum Gasteiger partial charge on any atom is 0.239 e. The monoisotopic (exact) mass is 440 g/mol. The number of thiazole rings is 1. The Kier molecular flexibility index (Phi) is 3.94. The van der Waals surface area contributed by atoms with Crippen LogP contribution in [0, 0.1) is 5.41 Å². The van der Waals surface area contributed by atoms with Crippen LogP contribution in [0.4, 0.5) is 5.13 Å². The highest BCUT2D eigenvalue weighted by atomic mass is 32.1.